The van der Waals surface area contributed by atoms with Gasteiger partial charge in [-0.1, -0.05) is 30.3 Å². The quantitative estimate of drug-likeness (QED) is 0.569. The lowest BCUT2D eigenvalue weighted by Crippen LogP contribution is -2.22. The molecule has 1 heterocycles. The Hall–Kier alpha value is -1.35. The van der Waals surface area contributed by atoms with Crippen molar-refractivity contribution in [2.75, 3.05) is 26.3 Å². The van der Waals surface area contributed by atoms with Gasteiger partial charge in [-0.2, -0.15) is 0 Å². The Morgan fingerprint density at radius 2 is 2.06 bits per heavy atom. The highest BCUT2D eigenvalue weighted by molar-refractivity contribution is 5.71. The fourth-order valence-electron chi connectivity index (χ4n) is 2.21. The highest BCUT2D eigenvalue weighted by atomic mass is 16.5. The molecule has 0 saturated carbocycles. The van der Waals surface area contributed by atoms with Crippen molar-refractivity contribution in [3.05, 3.63) is 35.9 Å². The van der Waals surface area contributed by atoms with Crippen LogP contribution < -0.4 is 0 Å². The summed E-state index contributed by atoms with van der Waals surface area (Å²) in [4.78, 5) is 0. The topological polar surface area (TPSA) is 21.5 Å². The monoisotopic (exact) mass is 248 g/mol. The van der Waals surface area contributed by atoms with Crippen LogP contribution in [0.15, 0.2) is 30.3 Å². The molecular weight excluding hydrogens is 226 g/mol. The minimum atomic E-state index is 0.693. The van der Waals surface area contributed by atoms with Crippen molar-refractivity contribution in [3.8, 4) is 0 Å². The zero-order valence-electron chi connectivity index (χ0n) is 11.1. The normalized spacial score (nSPS) is 15.2. The van der Waals surface area contributed by atoms with E-state index in [0.717, 1.165) is 38.6 Å². The van der Waals surface area contributed by atoms with Crippen molar-refractivity contribution in [3.63, 3.8) is 0 Å². The van der Waals surface area contributed by atoms with Crippen LogP contribution in [-0.2, 0) is 16.1 Å². The molecule has 0 saturated heterocycles. The van der Waals surface area contributed by atoms with Crippen LogP contribution in [0.5, 0.6) is 0 Å². The number of benzene rings is 1. The van der Waals surface area contributed by atoms with E-state index in [4.69, 9.17) is 9.47 Å². The average Bonchev–Trinajstić information content (AvgIpc) is 2.84. The second-order valence-electron chi connectivity index (χ2n) is 4.46. The summed E-state index contributed by atoms with van der Waals surface area (Å²) in [6.45, 7) is 6.28. The Labute approximate surface area is 109 Å². The number of ether oxygens (including phenoxy) is 2. The molecule has 0 N–H and O–H groups in total. The molecule has 0 aromatic heterocycles. The van der Waals surface area contributed by atoms with Gasteiger partial charge in [0.05, 0.1) is 19.6 Å². The van der Waals surface area contributed by atoms with Crippen LogP contribution in [0.4, 0.5) is 0 Å². The molecule has 3 nitrogen and oxygen atoms in total. The second kappa shape index (κ2) is 7.17. The van der Waals surface area contributed by atoms with Gasteiger partial charge in [0.2, 0.25) is 0 Å². The van der Waals surface area contributed by atoms with Crippen LogP contribution in [0.1, 0.15) is 25.3 Å². The van der Waals surface area contributed by atoms with Gasteiger partial charge in [0.15, 0.2) is 6.54 Å². The van der Waals surface area contributed by atoms with Gasteiger partial charge in [-0.3, -0.25) is 0 Å². The SMILES string of the molecule is CCOC1=[N+](CCOCc2ccccc2)CCC1. The molecule has 0 unspecified atom stereocenters. The molecule has 3 heteroatoms. The van der Waals surface area contributed by atoms with Crippen molar-refractivity contribution >= 4 is 5.90 Å². The first kappa shape index (κ1) is 13.1. The average molecular weight is 248 g/mol. The molecule has 1 aromatic rings. The van der Waals surface area contributed by atoms with Gasteiger partial charge in [-0.15, -0.1) is 0 Å². The Kier molecular flexibility index (Phi) is 5.21. The maximum absolute atomic E-state index is 5.70. The minimum Gasteiger partial charge on any atom is -0.448 e. The summed E-state index contributed by atoms with van der Waals surface area (Å²) in [6, 6.07) is 10.3. The fraction of sp³-hybridized carbons (Fsp3) is 0.533. The maximum atomic E-state index is 5.70. The van der Waals surface area contributed by atoms with Crippen molar-refractivity contribution in [2.45, 2.75) is 26.4 Å². The van der Waals surface area contributed by atoms with E-state index < -0.39 is 0 Å². The third-order valence-corrected chi connectivity index (χ3v) is 3.10. The van der Waals surface area contributed by atoms with E-state index in [-0.39, 0.29) is 0 Å². The lowest BCUT2D eigenvalue weighted by atomic mass is 10.2. The van der Waals surface area contributed by atoms with Crippen LogP contribution in [0, 0.1) is 0 Å². The van der Waals surface area contributed by atoms with Gasteiger partial charge in [-0.25, -0.2) is 4.58 Å². The van der Waals surface area contributed by atoms with Crippen molar-refractivity contribution in [1.29, 1.82) is 0 Å². The maximum Gasteiger partial charge on any atom is 0.336 e. The summed E-state index contributed by atoms with van der Waals surface area (Å²) in [5.41, 5.74) is 1.23. The van der Waals surface area contributed by atoms with Gasteiger partial charge in [0.1, 0.15) is 13.2 Å². The molecule has 1 aliphatic rings. The summed E-state index contributed by atoms with van der Waals surface area (Å²) in [5.74, 6) is 1.14. The van der Waals surface area contributed by atoms with E-state index in [1.807, 2.05) is 25.1 Å². The largest absolute Gasteiger partial charge is 0.448 e. The van der Waals surface area contributed by atoms with E-state index in [1.165, 1.54) is 12.0 Å². The zero-order valence-corrected chi connectivity index (χ0v) is 11.1. The molecule has 98 valence electrons. The Bertz CT molecular complexity index is 387. The minimum absolute atomic E-state index is 0.693. The third kappa shape index (κ3) is 3.84. The Balaban J connectivity index is 1.70. The van der Waals surface area contributed by atoms with Crippen LogP contribution >= 0.6 is 0 Å². The number of hydrogen-bond acceptors (Lipinski definition) is 2. The molecule has 0 amide bonds. The molecule has 0 spiro atoms. The van der Waals surface area contributed by atoms with Gasteiger partial charge in [0, 0.05) is 6.42 Å². The molecule has 0 fully saturated rings. The van der Waals surface area contributed by atoms with Crippen molar-refractivity contribution in [1.82, 2.24) is 0 Å². The van der Waals surface area contributed by atoms with Gasteiger partial charge >= 0.3 is 5.90 Å². The molecule has 18 heavy (non-hydrogen) atoms. The van der Waals surface area contributed by atoms with Crippen LogP contribution in [0.2, 0.25) is 0 Å². The first-order valence-electron chi connectivity index (χ1n) is 6.75. The second-order valence-corrected chi connectivity index (χ2v) is 4.46. The molecule has 1 aromatic carbocycles. The molecule has 0 radical (unpaired) electrons. The van der Waals surface area contributed by atoms with Gasteiger partial charge in [-0.05, 0) is 12.5 Å². The summed E-state index contributed by atoms with van der Waals surface area (Å²) >= 11 is 0. The zero-order chi connectivity index (χ0) is 12.6. The van der Waals surface area contributed by atoms with E-state index >= 15 is 0 Å². The van der Waals surface area contributed by atoms with Crippen molar-refractivity contribution < 1.29 is 14.0 Å². The Morgan fingerprint density at radius 1 is 1.22 bits per heavy atom. The van der Waals surface area contributed by atoms with Gasteiger partial charge in [0.25, 0.3) is 0 Å². The van der Waals surface area contributed by atoms with E-state index in [9.17, 15) is 0 Å². The number of hydrogen-bond donors (Lipinski definition) is 0. The summed E-state index contributed by atoms with van der Waals surface area (Å²) in [6.07, 6.45) is 2.28. The predicted molar refractivity (Wildman–Crippen MR) is 72.0 cm³/mol. The highest BCUT2D eigenvalue weighted by Gasteiger charge is 2.22. The molecule has 2 rings (SSSR count). The first-order chi connectivity index (χ1) is 8.90. The van der Waals surface area contributed by atoms with Crippen LogP contribution in [0.25, 0.3) is 0 Å². The smallest absolute Gasteiger partial charge is 0.336 e. The van der Waals surface area contributed by atoms with E-state index in [1.54, 1.807) is 0 Å². The lowest BCUT2D eigenvalue weighted by molar-refractivity contribution is -0.530. The summed E-state index contributed by atoms with van der Waals surface area (Å²) < 4.78 is 13.6. The molecule has 0 atom stereocenters. The third-order valence-electron chi connectivity index (χ3n) is 3.10. The molecule has 0 bridgehead atoms. The standard InChI is InChI=1S/C15H22NO2/c1-2-18-15-9-6-10-16(15)11-12-17-13-14-7-4-3-5-8-14/h3-5,7-8H,2,6,9-13H2,1H3/q+1. The van der Waals surface area contributed by atoms with Gasteiger partial charge < -0.3 is 9.47 Å². The Morgan fingerprint density at radius 3 is 2.83 bits per heavy atom. The fourth-order valence-corrected chi connectivity index (χ4v) is 2.21. The lowest BCUT2D eigenvalue weighted by Gasteiger charge is -2.05. The number of rotatable bonds is 6. The first-order valence-corrected chi connectivity index (χ1v) is 6.75. The summed E-state index contributed by atoms with van der Waals surface area (Å²) in [7, 11) is 0. The number of nitrogens with zero attached hydrogens (tertiary/aromatic N) is 1. The van der Waals surface area contributed by atoms with E-state index in [0.29, 0.717) is 6.61 Å². The van der Waals surface area contributed by atoms with Crippen molar-refractivity contribution in [2.24, 2.45) is 0 Å². The van der Waals surface area contributed by atoms with Crippen LogP contribution in [-0.4, -0.2) is 36.8 Å². The molecule has 0 aliphatic carbocycles. The molecule has 1 aliphatic heterocycles. The molecular formula is C15H22NO2+. The summed E-state index contributed by atoms with van der Waals surface area (Å²) in [5, 5.41) is 0. The van der Waals surface area contributed by atoms with Crippen LogP contribution in [0.3, 0.4) is 0 Å². The predicted octanol–water partition coefficient (Wildman–Crippen LogP) is 2.44. The van der Waals surface area contributed by atoms with E-state index in [2.05, 4.69) is 16.7 Å². The highest BCUT2D eigenvalue weighted by Crippen LogP contribution is 2.06.